The summed E-state index contributed by atoms with van der Waals surface area (Å²) in [6.07, 6.45) is 4.88. The third-order valence-electron chi connectivity index (χ3n) is 5.24. The summed E-state index contributed by atoms with van der Waals surface area (Å²) in [5.41, 5.74) is 1.58. The molecule has 2 aromatic heterocycles. The number of hydrogen-bond donors (Lipinski definition) is 0. The molecule has 30 heavy (non-hydrogen) atoms. The van der Waals surface area contributed by atoms with Crippen LogP contribution in [0.1, 0.15) is 17.3 Å². The van der Waals surface area contributed by atoms with Gasteiger partial charge in [-0.05, 0) is 42.0 Å². The van der Waals surface area contributed by atoms with E-state index in [1.807, 2.05) is 18.3 Å². The number of nitrogens with zero attached hydrogens (tertiary/aromatic N) is 3. The summed E-state index contributed by atoms with van der Waals surface area (Å²) in [4.78, 5) is 4.14. The molecule has 0 fully saturated rings. The smallest absolute Gasteiger partial charge is 0.245 e. The average molecular weight is 429 g/mol. The maximum Gasteiger partial charge on any atom is 0.245 e. The zero-order valence-electron chi connectivity index (χ0n) is 17.0. The largest absolute Gasteiger partial charge is 0.493 e. The lowest BCUT2D eigenvalue weighted by molar-refractivity contribution is 0.293. The van der Waals surface area contributed by atoms with Gasteiger partial charge in [0.1, 0.15) is 4.90 Å². The van der Waals surface area contributed by atoms with Crippen molar-refractivity contribution in [3.05, 3.63) is 66.2 Å². The molecule has 4 rings (SSSR count). The fourth-order valence-corrected chi connectivity index (χ4v) is 5.40. The van der Waals surface area contributed by atoms with Crippen molar-refractivity contribution in [1.29, 1.82) is 0 Å². The number of methoxy groups -OCH3 is 3. The van der Waals surface area contributed by atoms with Crippen LogP contribution in [-0.2, 0) is 16.6 Å². The molecule has 0 radical (unpaired) electrons. The van der Waals surface area contributed by atoms with E-state index in [1.165, 1.54) is 31.8 Å². The zero-order valence-corrected chi connectivity index (χ0v) is 17.8. The second-order valence-corrected chi connectivity index (χ2v) is 8.68. The fourth-order valence-electron chi connectivity index (χ4n) is 3.85. The molecule has 1 aliphatic rings. The predicted molar refractivity (Wildman–Crippen MR) is 111 cm³/mol. The molecule has 3 heterocycles. The topological polar surface area (TPSA) is 82.9 Å². The number of ether oxygens (including phenoxy) is 3. The molecule has 0 saturated heterocycles. The van der Waals surface area contributed by atoms with Crippen molar-refractivity contribution in [2.75, 3.05) is 27.9 Å². The van der Waals surface area contributed by atoms with Crippen LogP contribution in [-0.4, -0.2) is 50.1 Å². The Morgan fingerprint density at radius 2 is 1.73 bits per heavy atom. The van der Waals surface area contributed by atoms with Crippen LogP contribution in [0.25, 0.3) is 0 Å². The third-order valence-corrected chi connectivity index (χ3v) is 7.09. The van der Waals surface area contributed by atoms with Crippen LogP contribution in [0, 0.1) is 0 Å². The first-order chi connectivity index (χ1) is 14.5. The zero-order chi connectivity index (χ0) is 21.3. The molecular weight excluding hydrogens is 406 g/mol. The van der Waals surface area contributed by atoms with E-state index in [1.54, 1.807) is 30.5 Å². The molecule has 158 valence electrons. The Balaban J connectivity index is 1.91. The van der Waals surface area contributed by atoms with Gasteiger partial charge in [-0.15, -0.1) is 0 Å². The molecule has 3 aromatic rings. The van der Waals surface area contributed by atoms with Crippen LogP contribution in [0.3, 0.4) is 0 Å². The molecule has 1 unspecified atom stereocenters. The highest BCUT2D eigenvalue weighted by Crippen LogP contribution is 2.44. The van der Waals surface area contributed by atoms with Crippen LogP contribution >= 0.6 is 0 Å². The molecule has 0 aliphatic carbocycles. The maximum absolute atomic E-state index is 13.5. The van der Waals surface area contributed by atoms with E-state index in [0.29, 0.717) is 30.3 Å². The van der Waals surface area contributed by atoms with E-state index >= 15 is 0 Å². The molecule has 0 spiro atoms. The van der Waals surface area contributed by atoms with Gasteiger partial charge in [0.05, 0.1) is 27.4 Å². The minimum absolute atomic E-state index is 0.155. The Hall–Kier alpha value is -3.04. The number of aromatic nitrogens is 2. The highest BCUT2D eigenvalue weighted by Gasteiger charge is 2.38. The monoisotopic (exact) mass is 429 g/mol. The summed E-state index contributed by atoms with van der Waals surface area (Å²) in [5, 5.41) is 0. The van der Waals surface area contributed by atoms with Crippen molar-refractivity contribution in [2.45, 2.75) is 17.5 Å². The summed E-state index contributed by atoms with van der Waals surface area (Å²) < 4.78 is 47.0. The Kier molecular flexibility index (Phi) is 5.40. The lowest BCUT2D eigenvalue weighted by Crippen LogP contribution is -2.42. The number of fused-ring (bicyclic) bond motifs is 1. The Morgan fingerprint density at radius 3 is 2.33 bits per heavy atom. The first kappa shape index (κ1) is 20.2. The Bertz CT molecular complexity index is 1120. The molecule has 0 bridgehead atoms. The number of benzene rings is 1. The minimum Gasteiger partial charge on any atom is -0.493 e. The van der Waals surface area contributed by atoms with Crippen molar-refractivity contribution in [2.24, 2.45) is 0 Å². The van der Waals surface area contributed by atoms with E-state index in [0.717, 1.165) is 11.3 Å². The van der Waals surface area contributed by atoms with Crippen LogP contribution in [0.2, 0.25) is 0 Å². The van der Waals surface area contributed by atoms with Gasteiger partial charge >= 0.3 is 0 Å². The number of hydrogen-bond acceptors (Lipinski definition) is 6. The summed E-state index contributed by atoms with van der Waals surface area (Å²) in [5.74, 6) is 1.39. The molecule has 9 heteroatoms. The lowest BCUT2D eigenvalue weighted by atomic mass is 10.0. The van der Waals surface area contributed by atoms with E-state index < -0.39 is 16.1 Å². The number of rotatable bonds is 6. The van der Waals surface area contributed by atoms with Gasteiger partial charge in [-0.25, -0.2) is 8.42 Å². The highest BCUT2D eigenvalue weighted by atomic mass is 32.2. The van der Waals surface area contributed by atoms with Gasteiger partial charge in [0.2, 0.25) is 15.8 Å². The molecule has 1 aliphatic heterocycles. The Labute approximate surface area is 175 Å². The molecule has 0 N–H and O–H groups in total. The van der Waals surface area contributed by atoms with Gasteiger partial charge in [0.25, 0.3) is 0 Å². The van der Waals surface area contributed by atoms with Crippen LogP contribution in [0.5, 0.6) is 17.2 Å². The van der Waals surface area contributed by atoms with E-state index in [2.05, 4.69) is 9.55 Å². The summed E-state index contributed by atoms with van der Waals surface area (Å²) in [7, 11) is 0.816. The average Bonchev–Trinajstić information content (AvgIpc) is 3.26. The first-order valence-corrected chi connectivity index (χ1v) is 10.8. The summed E-state index contributed by atoms with van der Waals surface area (Å²) in [6, 6.07) is 10.0. The van der Waals surface area contributed by atoms with Gasteiger partial charge in [-0.3, -0.25) is 4.98 Å². The quantitative estimate of drug-likeness (QED) is 0.599. The van der Waals surface area contributed by atoms with Gasteiger partial charge in [-0.1, -0.05) is 0 Å². The van der Waals surface area contributed by atoms with Crippen LogP contribution in [0.4, 0.5) is 0 Å². The van der Waals surface area contributed by atoms with Crippen LogP contribution in [0.15, 0.2) is 59.9 Å². The third kappa shape index (κ3) is 3.29. The maximum atomic E-state index is 13.5. The minimum atomic E-state index is -3.79. The molecule has 1 atom stereocenters. The summed E-state index contributed by atoms with van der Waals surface area (Å²) in [6.45, 7) is 0.878. The second kappa shape index (κ2) is 8.00. The van der Waals surface area contributed by atoms with E-state index in [-0.39, 0.29) is 4.90 Å². The number of pyridine rings is 1. The second-order valence-electron chi connectivity index (χ2n) is 6.79. The van der Waals surface area contributed by atoms with E-state index in [4.69, 9.17) is 14.2 Å². The van der Waals surface area contributed by atoms with Crippen molar-refractivity contribution in [3.63, 3.8) is 0 Å². The fraction of sp³-hybridized carbons (Fsp3) is 0.286. The van der Waals surface area contributed by atoms with E-state index in [9.17, 15) is 8.42 Å². The van der Waals surface area contributed by atoms with Crippen molar-refractivity contribution in [1.82, 2.24) is 13.9 Å². The molecule has 8 nitrogen and oxygen atoms in total. The Morgan fingerprint density at radius 1 is 1.00 bits per heavy atom. The first-order valence-electron chi connectivity index (χ1n) is 9.38. The van der Waals surface area contributed by atoms with Crippen molar-refractivity contribution in [3.8, 4) is 17.2 Å². The van der Waals surface area contributed by atoms with Crippen molar-refractivity contribution >= 4 is 10.0 Å². The SMILES string of the molecule is COc1cc(C2c3cccn3CCN2S(=O)(=O)c2cccnc2)cc(OC)c1OC. The van der Waals surface area contributed by atoms with Crippen LogP contribution < -0.4 is 14.2 Å². The predicted octanol–water partition coefficient (Wildman–Crippen LogP) is 2.70. The summed E-state index contributed by atoms with van der Waals surface area (Å²) >= 11 is 0. The van der Waals surface area contributed by atoms with Gasteiger partial charge in [0.15, 0.2) is 11.5 Å². The number of sulfonamides is 1. The van der Waals surface area contributed by atoms with Gasteiger partial charge in [-0.2, -0.15) is 4.31 Å². The van der Waals surface area contributed by atoms with Gasteiger partial charge in [0, 0.05) is 37.4 Å². The normalized spacial score (nSPS) is 16.7. The molecular formula is C21H23N3O5S. The molecule has 1 aromatic carbocycles. The highest BCUT2D eigenvalue weighted by molar-refractivity contribution is 7.89. The van der Waals surface area contributed by atoms with Crippen molar-refractivity contribution < 1.29 is 22.6 Å². The lowest BCUT2D eigenvalue weighted by Gasteiger charge is -2.36. The van der Waals surface area contributed by atoms with Gasteiger partial charge < -0.3 is 18.8 Å². The standard InChI is InChI=1S/C21H23N3O5S/c1-27-18-12-15(13-19(28-2)21(18)29-3)20-17-7-5-9-23(17)10-11-24(20)30(25,26)16-6-4-8-22-14-16/h4-9,12-14,20H,10-11H2,1-3H3. The molecule has 0 saturated carbocycles. The molecule has 0 amide bonds.